The standard InChI is InChI=1S/C15H19F3O3/c1-4-14(20,13(19)21-5-2)10(3)11-8-6-7-9-12(11)15(16,17)18/h6-10,20H,4-5H2,1-3H3. The predicted molar refractivity (Wildman–Crippen MR) is 71.7 cm³/mol. The quantitative estimate of drug-likeness (QED) is 0.847. The van der Waals surface area contributed by atoms with Gasteiger partial charge in [-0.25, -0.2) is 4.79 Å². The Balaban J connectivity index is 3.29. The number of aliphatic hydroxyl groups is 1. The molecule has 0 spiro atoms. The van der Waals surface area contributed by atoms with Crippen molar-refractivity contribution in [2.45, 2.75) is 44.9 Å². The van der Waals surface area contributed by atoms with Crippen LogP contribution in [0.1, 0.15) is 44.2 Å². The molecule has 1 rings (SSSR count). The highest BCUT2D eigenvalue weighted by Gasteiger charge is 2.45. The van der Waals surface area contributed by atoms with Crippen molar-refractivity contribution in [1.82, 2.24) is 0 Å². The summed E-state index contributed by atoms with van der Waals surface area (Å²) in [6.45, 7) is 4.55. The van der Waals surface area contributed by atoms with E-state index < -0.39 is 29.2 Å². The molecular formula is C15H19F3O3. The summed E-state index contributed by atoms with van der Waals surface area (Å²) in [7, 11) is 0. The van der Waals surface area contributed by atoms with Gasteiger partial charge in [-0.05, 0) is 25.0 Å². The molecule has 21 heavy (non-hydrogen) atoms. The lowest BCUT2D eigenvalue weighted by atomic mass is 9.79. The Kier molecular flexibility index (Phi) is 5.39. The molecule has 1 aromatic rings. The second-order valence-electron chi connectivity index (χ2n) is 4.80. The van der Waals surface area contributed by atoms with Crippen molar-refractivity contribution < 1.29 is 27.8 Å². The van der Waals surface area contributed by atoms with Gasteiger partial charge in [-0.1, -0.05) is 32.0 Å². The molecule has 1 aromatic carbocycles. The molecule has 3 nitrogen and oxygen atoms in total. The molecule has 2 unspecified atom stereocenters. The van der Waals surface area contributed by atoms with Gasteiger partial charge in [-0.2, -0.15) is 13.2 Å². The van der Waals surface area contributed by atoms with Gasteiger partial charge in [0.2, 0.25) is 0 Å². The zero-order valence-electron chi connectivity index (χ0n) is 12.2. The maximum atomic E-state index is 13.1. The molecule has 0 fully saturated rings. The topological polar surface area (TPSA) is 46.5 Å². The van der Waals surface area contributed by atoms with Crippen LogP contribution in [0, 0.1) is 0 Å². The van der Waals surface area contributed by atoms with Crippen LogP contribution in [0.3, 0.4) is 0 Å². The van der Waals surface area contributed by atoms with Crippen LogP contribution in [0.2, 0.25) is 0 Å². The van der Waals surface area contributed by atoms with Gasteiger partial charge in [0, 0.05) is 5.92 Å². The van der Waals surface area contributed by atoms with Crippen LogP contribution in [0.5, 0.6) is 0 Å². The van der Waals surface area contributed by atoms with Gasteiger partial charge in [0.15, 0.2) is 5.60 Å². The molecule has 0 amide bonds. The SMILES string of the molecule is CCOC(=O)C(O)(CC)C(C)c1ccccc1C(F)(F)F. The molecule has 0 heterocycles. The largest absolute Gasteiger partial charge is 0.464 e. The first-order valence-electron chi connectivity index (χ1n) is 6.74. The van der Waals surface area contributed by atoms with E-state index in [0.29, 0.717) is 0 Å². The first kappa shape index (κ1) is 17.5. The van der Waals surface area contributed by atoms with Crippen LogP contribution in [0.4, 0.5) is 13.2 Å². The van der Waals surface area contributed by atoms with Gasteiger partial charge in [-0.15, -0.1) is 0 Å². The number of carbonyl (C=O) groups is 1. The Labute approximate surface area is 121 Å². The van der Waals surface area contributed by atoms with E-state index in [1.807, 2.05) is 0 Å². The molecule has 0 saturated carbocycles. The molecule has 0 aromatic heterocycles. The summed E-state index contributed by atoms with van der Waals surface area (Å²) >= 11 is 0. The highest BCUT2D eigenvalue weighted by molar-refractivity contribution is 5.80. The van der Waals surface area contributed by atoms with Crippen molar-refractivity contribution in [1.29, 1.82) is 0 Å². The van der Waals surface area contributed by atoms with E-state index in [-0.39, 0.29) is 18.6 Å². The Morgan fingerprint density at radius 3 is 2.33 bits per heavy atom. The number of esters is 1. The van der Waals surface area contributed by atoms with Crippen molar-refractivity contribution in [2.75, 3.05) is 6.61 Å². The van der Waals surface area contributed by atoms with E-state index in [4.69, 9.17) is 4.74 Å². The van der Waals surface area contributed by atoms with E-state index in [2.05, 4.69) is 0 Å². The maximum absolute atomic E-state index is 13.1. The number of hydrogen-bond donors (Lipinski definition) is 1. The van der Waals surface area contributed by atoms with Gasteiger partial charge in [0.25, 0.3) is 0 Å². The summed E-state index contributed by atoms with van der Waals surface area (Å²) in [6.07, 6.45) is -4.59. The van der Waals surface area contributed by atoms with Gasteiger partial charge < -0.3 is 9.84 Å². The normalized spacial score (nSPS) is 16.1. The Hall–Kier alpha value is -1.56. The fourth-order valence-electron chi connectivity index (χ4n) is 2.27. The lowest BCUT2D eigenvalue weighted by molar-refractivity contribution is -0.168. The van der Waals surface area contributed by atoms with Crippen LogP contribution in [-0.4, -0.2) is 23.3 Å². The summed E-state index contributed by atoms with van der Waals surface area (Å²) in [5, 5.41) is 10.5. The van der Waals surface area contributed by atoms with E-state index in [1.54, 1.807) is 6.92 Å². The minimum absolute atomic E-state index is 0.0425. The third-order valence-electron chi connectivity index (χ3n) is 3.62. The van der Waals surface area contributed by atoms with E-state index in [1.165, 1.54) is 32.0 Å². The monoisotopic (exact) mass is 304 g/mol. The molecule has 2 atom stereocenters. The van der Waals surface area contributed by atoms with Crippen LogP contribution in [-0.2, 0) is 15.7 Å². The molecule has 0 bridgehead atoms. The number of halogens is 3. The molecule has 6 heteroatoms. The van der Waals surface area contributed by atoms with Crippen molar-refractivity contribution in [3.8, 4) is 0 Å². The number of alkyl halides is 3. The summed E-state index contributed by atoms with van der Waals surface area (Å²) < 4.78 is 44.0. The zero-order valence-corrected chi connectivity index (χ0v) is 12.2. The Morgan fingerprint density at radius 1 is 1.29 bits per heavy atom. The molecule has 1 N–H and O–H groups in total. The van der Waals surface area contributed by atoms with E-state index in [9.17, 15) is 23.1 Å². The second-order valence-corrected chi connectivity index (χ2v) is 4.80. The highest BCUT2D eigenvalue weighted by Crippen LogP contribution is 2.40. The zero-order chi connectivity index (χ0) is 16.3. The van der Waals surface area contributed by atoms with Gasteiger partial charge >= 0.3 is 12.1 Å². The third-order valence-corrected chi connectivity index (χ3v) is 3.62. The molecular weight excluding hydrogens is 285 g/mol. The Bertz CT molecular complexity index is 499. The van der Waals surface area contributed by atoms with Crippen molar-refractivity contribution in [2.24, 2.45) is 0 Å². The number of benzene rings is 1. The van der Waals surface area contributed by atoms with Crippen molar-refractivity contribution >= 4 is 5.97 Å². The average Bonchev–Trinajstić information content (AvgIpc) is 2.45. The summed E-state index contributed by atoms with van der Waals surface area (Å²) in [5.41, 5.74) is -2.96. The highest BCUT2D eigenvalue weighted by atomic mass is 19.4. The number of ether oxygens (including phenoxy) is 1. The first-order valence-corrected chi connectivity index (χ1v) is 6.74. The van der Waals surface area contributed by atoms with Gasteiger partial charge in [-0.3, -0.25) is 0 Å². The third kappa shape index (κ3) is 3.56. The van der Waals surface area contributed by atoms with Crippen LogP contribution in [0.15, 0.2) is 24.3 Å². The lowest BCUT2D eigenvalue weighted by Crippen LogP contribution is -2.44. The van der Waals surface area contributed by atoms with Crippen LogP contribution in [0.25, 0.3) is 0 Å². The maximum Gasteiger partial charge on any atom is 0.416 e. The predicted octanol–water partition coefficient (Wildman–Crippen LogP) is 3.51. The summed E-state index contributed by atoms with van der Waals surface area (Å²) in [6, 6.07) is 4.93. The summed E-state index contributed by atoms with van der Waals surface area (Å²) in [4.78, 5) is 11.9. The molecule has 0 saturated heterocycles. The first-order chi connectivity index (χ1) is 9.68. The smallest absolute Gasteiger partial charge is 0.416 e. The fourth-order valence-corrected chi connectivity index (χ4v) is 2.27. The van der Waals surface area contributed by atoms with Crippen LogP contribution < -0.4 is 0 Å². The average molecular weight is 304 g/mol. The van der Waals surface area contributed by atoms with Crippen molar-refractivity contribution in [3.05, 3.63) is 35.4 Å². The Morgan fingerprint density at radius 2 is 1.86 bits per heavy atom. The van der Waals surface area contributed by atoms with Crippen molar-refractivity contribution in [3.63, 3.8) is 0 Å². The van der Waals surface area contributed by atoms with Gasteiger partial charge in [0.1, 0.15) is 0 Å². The minimum Gasteiger partial charge on any atom is -0.464 e. The summed E-state index contributed by atoms with van der Waals surface area (Å²) in [5.74, 6) is -1.95. The second kappa shape index (κ2) is 6.47. The number of carbonyl (C=O) groups excluding carboxylic acids is 1. The molecule has 0 aliphatic carbocycles. The molecule has 0 aliphatic heterocycles. The fraction of sp³-hybridized carbons (Fsp3) is 0.533. The minimum atomic E-state index is -4.55. The van der Waals surface area contributed by atoms with E-state index in [0.717, 1.165) is 6.07 Å². The van der Waals surface area contributed by atoms with Crippen LogP contribution >= 0.6 is 0 Å². The molecule has 118 valence electrons. The number of hydrogen-bond acceptors (Lipinski definition) is 3. The van der Waals surface area contributed by atoms with Gasteiger partial charge in [0.05, 0.1) is 12.2 Å². The van der Waals surface area contributed by atoms with E-state index >= 15 is 0 Å². The molecule has 0 radical (unpaired) electrons. The lowest BCUT2D eigenvalue weighted by Gasteiger charge is -2.32. The molecule has 0 aliphatic rings. The number of rotatable bonds is 5.